The third-order valence-electron chi connectivity index (χ3n) is 4.60. The second-order valence-corrected chi connectivity index (χ2v) is 5.89. The number of anilines is 1. The summed E-state index contributed by atoms with van der Waals surface area (Å²) in [5.41, 5.74) is 1.50. The second kappa shape index (κ2) is 5.45. The lowest BCUT2D eigenvalue weighted by molar-refractivity contribution is 0.243. The first-order chi connectivity index (χ1) is 10.4. The summed E-state index contributed by atoms with van der Waals surface area (Å²) in [6.07, 6.45) is 4.95. The molecule has 4 nitrogen and oxygen atoms in total. The first kappa shape index (κ1) is 12.8. The minimum absolute atomic E-state index is 0.741. The van der Waals surface area contributed by atoms with Gasteiger partial charge in [-0.25, -0.2) is 9.97 Å². The minimum Gasteiger partial charge on any atom is -0.338 e. The fraction of sp³-hybridized carbons (Fsp3) is 0.412. The lowest BCUT2D eigenvalue weighted by Gasteiger charge is -2.35. The van der Waals surface area contributed by atoms with Crippen molar-refractivity contribution < 1.29 is 0 Å². The minimum atomic E-state index is 0.741. The second-order valence-electron chi connectivity index (χ2n) is 5.89. The molecule has 0 N–H and O–H groups in total. The van der Waals surface area contributed by atoms with Gasteiger partial charge in [0.2, 0.25) is 5.95 Å². The maximum atomic E-state index is 4.35. The van der Waals surface area contributed by atoms with Crippen LogP contribution < -0.4 is 4.90 Å². The summed E-state index contributed by atoms with van der Waals surface area (Å²) in [5.74, 6) is 1.61. The molecule has 1 aromatic carbocycles. The summed E-state index contributed by atoms with van der Waals surface area (Å²) in [6.45, 7) is 4.29. The summed E-state index contributed by atoms with van der Waals surface area (Å²) in [7, 11) is 0. The zero-order valence-electron chi connectivity index (χ0n) is 12.1. The van der Waals surface area contributed by atoms with Crippen LogP contribution in [0.25, 0.3) is 0 Å². The van der Waals surface area contributed by atoms with E-state index in [1.54, 1.807) is 0 Å². The molecule has 4 heteroatoms. The molecule has 1 aliphatic heterocycles. The highest BCUT2D eigenvalue weighted by Crippen LogP contribution is 2.44. The molecule has 0 radical (unpaired) electrons. The van der Waals surface area contributed by atoms with Crippen molar-refractivity contribution in [1.82, 2.24) is 14.9 Å². The zero-order chi connectivity index (χ0) is 14.1. The fourth-order valence-corrected chi connectivity index (χ4v) is 3.35. The monoisotopic (exact) mass is 280 g/mol. The molecule has 0 spiro atoms. The van der Waals surface area contributed by atoms with Crippen molar-refractivity contribution in [3.8, 4) is 0 Å². The molecule has 2 aromatic rings. The number of hydrogen-bond acceptors (Lipinski definition) is 4. The van der Waals surface area contributed by atoms with Gasteiger partial charge in [0, 0.05) is 50.5 Å². The molecule has 1 aromatic heterocycles. The summed E-state index contributed by atoms with van der Waals surface area (Å²) in [5, 5.41) is 0. The number of nitrogens with zero attached hydrogens (tertiary/aromatic N) is 4. The van der Waals surface area contributed by atoms with Crippen LogP contribution in [0.4, 0.5) is 5.95 Å². The Morgan fingerprint density at radius 2 is 1.57 bits per heavy atom. The van der Waals surface area contributed by atoms with E-state index in [1.165, 1.54) is 12.0 Å². The molecule has 1 aliphatic carbocycles. The molecule has 0 amide bonds. The predicted octanol–water partition coefficient (Wildman–Crippen LogP) is 2.15. The Morgan fingerprint density at radius 1 is 0.857 bits per heavy atom. The first-order valence-electron chi connectivity index (χ1n) is 7.73. The number of hydrogen-bond donors (Lipinski definition) is 0. The highest BCUT2D eigenvalue weighted by molar-refractivity contribution is 5.31. The molecular formula is C17H20N4. The largest absolute Gasteiger partial charge is 0.338 e. The Bertz CT molecular complexity index is 578. The molecule has 1 saturated heterocycles. The van der Waals surface area contributed by atoms with Crippen molar-refractivity contribution in [3.05, 3.63) is 54.4 Å². The van der Waals surface area contributed by atoms with Crippen molar-refractivity contribution in [3.63, 3.8) is 0 Å². The Kier molecular flexibility index (Phi) is 3.31. The highest BCUT2D eigenvalue weighted by Gasteiger charge is 2.43. The number of rotatable bonds is 3. The fourth-order valence-electron chi connectivity index (χ4n) is 3.35. The van der Waals surface area contributed by atoms with Crippen LogP contribution in [0.1, 0.15) is 17.9 Å². The van der Waals surface area contributed by atoms with Gasteiger partial charge in [-0.3, -0.25) is 4.90 Å². The molecule has 4 rings (SSSR count). The first-order valence-corrected chi connectivity index (χ1v) is 7.73. The Hall–Kier alpha value is -1.94. The van der Waals surface area contributed by atoms with E-state index in [0.29, 0.717) is 0 Å². The lowest BCUT2D eigenvalue weighted by Crippen LogP contribution is -2.48. The van der Waals surface area contributed by atoms with Crippen LogP contribution in [-0.4, -0.2) is 47.1 Å². The maximum absolute atomic E-state index is 4.35. The summed E-state index contributed by atoms with van der Waals surface area (Å²) >= 11 is 0. The van der Waals surface area contributed by atoms with E-state index in [4.69, 9.17) is 0 Å². The normalized spacial score (nSPS) is 25.8. The van der Waals surface area contributed by atoms with Gasteiger partial charge in [-0.15, -0.1) is 0 Å². The molecule has 2 fully saturated rings. The summed E-state index contributed by atoms with van der Waals surface area (Å²) in [6, 6.07) is 13.5. The third-order valence-corrected chi connectivity index (χ3v) is 4.60. The van der Waals surface area contributed by atoms with Crippen LogP contribution in [-0.2, 0) is 0 Å². The van der Waals surface area contributed by atoms with Gasteiger partial charge in [0.15, 0.2) is 0 Å². The average Bonchev–Trinajstić information content (AvgIpc) is 3.37. The van der Waals surface area contributed by atoms with E-state index in [1.807, 2.05) is 18.5 Å². The van der Waals surface area contributed by atoms with E-state index in [-0.39, 0.29) is 0 Å². The quantitative estimate of drug-likeness (QED) is 0.862. The molecule has 108 valence electrons. The van der Waals surface area contributed by atoms with Gasteiger partial charge in [0.25, 0.3) is 0 Å². The van der Waals surface area contributed by atoms with Gasteiger partial charge < -0.3 is 4.90 Å². The average molecular weight is 280 g/mol. The van der Waals surface area contributed by atoms with Gasteiger partial charge in [0.05, 0.1) is 0 Å². The molecule has 2 aliphatic rings. The van der Waals surface area contributed by atoms with Crippen LogP contribution >= 0.6 is 0 Å². The van der Waals surface area contributed by atoms with Crippen LogP contribution in [0, 0.1) is 0 Å². The smallest absolute Gasteiger partial charge is 0.225 e. The Labute approximate surface area is 125 Å². The third kappa shape index (κ3) is 2.63. The molecule has 0 bridgehead atoms. The summed E-state index contributed by atoms with van der Waals surface area (Å²) < 4.78 is 0. The molecule has 21 heavy (non-hydrogen) atoms. The van der Waals surface area contributed by atoms with Crippen LogP contribution in [0.2, 0.25) is 0 Å². The maximum Gasteiger partial charge on any atom is 0.225 e. The molecule has 1 saturated carbocycles. The molecular weight excluding hydrogens is 260 g/mol. The molecule has 2 atom stereocenters. The van der Waals surface area contributed by atoms with E-state index in [9.17, 15) is 0 Å². The van der Waals surface area contributed by atoms with Gasteiger partial charge in [-0.2, -0.15) is 0 Å². The topological polar surface area (TPSA) is 32.3 Å². The van der Waals surface area contributed by atoms with E-state index in [2.05, 4.69) is 50.1 Å². The standard InChI is InChI=1S/C17H20N4/c1-2-5-14(6-3-1)15-13-16(15)20-9-11-21(12-10-20)17-18-7-4-8-19-17/h1-8,15-16H,9-13H2/t15-,16+/m1/s1. The van der Waals surface area contributed by atoms with Gasteiger partial charge in [0.1, 0.15) is 0 Å². The van der Waals surface area contributed by atoms with Crippen molar-refractivity contribution in [2.75, 3.05) is 31.1 Å². The Balaban J connectivity index is 1.35. The predicted molar refractivity (Wildman–Crippen MR) is 83.4 cm³/mol. The SMILES string of the molecule is c1ccc([C@H]2C[C@@H]2N2CCN(c3ncccn3)CC2)cc1. The van der Waals surface area contributed by atoms with Crippen molar-refractivity contribution in [2.45, 2.75) is 18.4 Å². The van der Waals surface area contributed by atoms with Gasteiger partial charge in [-0.05, 0) is 18.1 Å². The van der Waals surface area contributed by atoms with E-state index >= 15 is 0 Å². The van der Waals surface area contributed by atoms with Gasteiger partial charge in [-0.1, -0.05) is 30.3 Å². The van der Waals surface area contributed by atoms with E-state index in [0.717, 1.165) is 44.1 Å². The van der Waals surface area contributed by atoms with Crippen molar-refractivity contribution in [2.24, 2.45) is 0 Å². The highest BCUT2D eigenvalue weighted by atomic mass is 15.3. The number of aromatic nitrogens is 2. The number of benzene rings is 1. The van der Waals surface area contributed by atoms with Crippen molar-refractivity contribution in [1.29, 1.82) is 0 Å². The van der Waals surface area contributed by atoms with Crippen LogP contribution in [0.15, 0.2) is 48.8 Å². The summed E-state index contributed by atoms with van der Waals surface area (Å²) in [4.78, 5) is 13.6. The lowest BCUT2D eigenvalue weighted by atomic mass is 10.1. The van der Waals surface area contributed by atoms with Gasteiger partial charge >= 0.3 is 0 Å². The molecule has 2 heterocycles. The molecule has 0 unspecified atom stereocenters. The van der Waals surface area contributed by atoms with Crippen molar-refractivity contribution >= 4 is 5.95 Å². The number of piperazine rings is 1. The zero-order valence-corrected chi connectivity index (χ0v) is 12.1. The van der Waals surface area contributed by atoms with E-state index < -0.39 is 0 Å². The van der Waals surface area contributed by atoms with Crippen LogP contribution in [0.5, 0.6) is 0 Å². The Morgan fingerprint density at radius 3 is 2.29 bits per heavy atom. The van der Waals surface area contributed by atoms with Crippen LogP contribution in [0.3, 0.4) is 0 Å².